The number of anilines is 3. The van der Waals surface area contributed by atoms with Crippen LogP contribution in [0.2, 0.25) is 0 Å². The van der Waals surface area contributed by atoms with E-state index in [0.29, 0.717) is 0 Å². The zero-order valence-electron chi connectivity index (χ0n) is 32.5. The molecular formula is C58H39N. The molecule has 11 aromatic rings. The average molecular weight is 750 g/mol. The quantitative estimate of drug-likeness (QED) is 0.147. The highest BCUT2D eigenvalue weighted by molar-refractivity contribution is 6.17. The minimum Gasteiger partial charge on any atom is -0.310 e. The molecule has 0 saturated heterocycles. The summed E-state index contributed by atoms with van der Waals surface area (Å²) in [7, 11) is 0. The van der Waals surface area contributed by atoms with Crippen LogP contribution in [0.25, 0.3) is 87.6 Å². The fourth-order valence-corrected chi connectivity index (χ4v) is 8.83. The van der Waals surface area contributed by atoms with Crippen molar-refractivity contribution in [3.63, 3.8) is 0 Å². The third kappa shape index (κ3) is 6.40. The summed E-state index contributed by atoms with van der Waals surface area (Å²) in [6.07, 6.45) is 0. The molecule has 0 aliphatic heterocycles. The number of benzene rings is 11. The molecule has 0 atom stereocenters. The van der Waals surface area contributed by atoms with Crippen LogP contribution in [0.5, 0.6) is 0 Å². The SMILES string of the molecule is c1ccc(-c2ccc(N(c3ccc(-c4ccc5ccccc5c4)cc3)c3ccc(-c4ccc5c(ccc6c7ccccc7ccc56)c4)c(-c4ccccc4)c3)cc2)cc1. The summed E-state index contributed by atoms with van der Waals surface area (Å²) in [4.78, 5) is 2.38. The van der Waals surface area contributed by atoms with Gasteiger partial charge in [0.25, 0.3) is 0 Å². The molecule has 11 aromatic carbocycles. The number of fused-ring (bicyclic) bond motifs is 6. The number of nitrogens with zero attached hydrogens (tertiary/aromatic N) is 1. The molecule has 0 aromatic heterocycles. The fraction of sp³-hybridized carbons (Fsp3) is 0. The van der Waals surface area contributed by atoms with E-state index in [1.54, 1.807) is 0 Å². The van der Waals surface area contributed by atoms with Crippen molar-refractivity contribution in [3.8, 4) is 44.5 Å². The Kier molecular flexibility index (Phi) is 8.56. The molecule has 11 rings (SSSR count). The van der Waals surface area contributed by atoms with Crippen molar-refractivity contribution < 1.29 is 0 Å². The van der Waals surface area contributed by atoms with E-state index in [2.05, 4.69) is 241 Å². The van der Waals surface area contributed by atoms with Crippen molar-refractivity contribution in [1.29, 1.82) is 0 Å². The van der Waals surface area contributed by atoms with Gasteiger partial charge in [0.15, 0.2) is 0 Å². The molecule has 0 radical (unpaired) electrons. The Morgan fingerprint density at radius 2 is 0.661 bits per heavy atom. The van der Waals surface area contributed by atoms with Gasteiger partial charge in [0.05, 0.1) is 0 Å². The third-order valence-electron chi connectivity index (χ3n) is 11.8. The van der Waals surface area contributed by atoms with Gasteiger partial charge in [-0.2, -0.15) is 0 Å². The summed E-state index contributed by atoms with van der Waals surface area (Å²) < 4.78 is 0. The summed E-state index contributed by atoms with van der Waals surface area (Å²) in [5.41, 5.74) is 12.9. The molecule has 0 aliphatic carbocycles. The summed E-state index contributed by atoms with van der Waals surface area (Å²) in [5.74, 6) is 0. The molecule has 0 aliphatic rings. The Morgan fingerprint density at radius 3 is 1.37 bits per heavy atom. The first kappa shape index (κ1) is 34.5. The highest BCUT2D eigenvalue weighted by atomic mass is 15.1. The largest absolute Gasteiger partial charge is 0.310 e. The molecule has 0 spiro atoms. The van der Waals surface area contributed by atoms with Gasteiger partial charge in [-0.25, -0.2) is 0 Å². The van der Waals surface area contributed by atoms with Crippen LogP contribution in [0.3, 0.4) is 0 Å². The molecule has 59 heavy (non-hydrogen) atoms. The van der Waals surface area contributed by atoms with Crippen molar-refractivity contribution in [2.75, 3.05) is 4.90 Å². The molecule has 0 saturated carbocycles. The van der Waals surface area contributed by atoms with Crippen LogP contribution in [0.4, 0.5) is 17.1 Å². The van der Waals surface area contributed by atoms with Gasteiger partial charge in [-0.1, -0.05) is 188 Å². The molecule has 1 heteroatoms. The lowest BCUT2D eigenvalue weighted by atomic mass is 9.91. The number of rotatable bonds is 7. The smallest absolute Gasteiger partial charge is 0.0468 e. The van der Waals surface area contributed by atoms with E-state index >= 15 is 0 Å². The number of hydrogen-bond acceptors (Lipinski definition) is 1. The Hall–Kier alpha value is -7.74. The Morgan fingerprint density at radius 1 is 0.203 bits per heavy atom. The Balaban J connectivity index is 1.04. The molecule has 0 unspecified atom stereocenters. The van der Waals surface area contributed by atoms with E-state index in [1.165, 1.54) is 87.6 Å². The standard InChI is InChI=1S/C58H39N/c1-3-11-40(12-4-1)42-21-28-50(29-22-42)59(51-30-23-43(24-31-51)47-20-19-41-13-7-8-17-46(41)37-47)52-32-36-55(58(39-52)44-14-5-2-6-15-44)49-26-33-54-48(38-49)27-35-56-53-18-10-9-16-45(53)25-34-57(54)56/h1-39H. The topological polar surface area (TPSA) is 3.24 Å². The van der Waals surface area contributed by atoms with Gasteiger partial charge in [0, 0.05) is 17.1 Å². The first-order valence-electron chi connectivity index (χ1n) is 20.3. The predicted molar refractivity (Wildman–Crippen MR) is 253 cm³/mol. The normalized spacial score (nSPS) is 11.4. The molecule has 0 fully saturated rings. The van der Waals surface area contributed by atoms with E-state index in [1.807, 2.05) is 0 Å². The lowest BCUT2D eigenvalue weighted by molar-refractivity contribution is 1.28. The van der Waals surface area contributed by atoms with Gasteiger partial charge in [0.2, 0.25) is 0 Å². The molecule has 0 heterocycles. The average Bonchev–Trinajstić information content (AvgIpc) is 3.32. The van der Waals surface area contributed by atoms with E-state index in [9.17, 15) is 0 Å². The summed E-state index contributed by atoms with van der Waals surface area (Å²) in [6, 6.07) is 86.3. The third-order valence-corrected chi connectivity index (χ3v) is 11.8. The fourth-order valence-electron chi connectivity index (χ4n) is 8.83. The molecule has 0 bridgehead atoms. The van der Waals surface area contributed by atoms with Gasteiger partial charge in [-0.15, -0.1) is 0 Å². The van der Waals surface area contributed by atoms with Crippen molar-refractivity contribution in [2.45, 2.75) is 0 Å². The van der Waals surface area contributed by atoms with Crippen molar-refractivity contribution in [1.82, 2.24) is 0 Å². The van der Waals surface area contributed by atoms with Crippen LogP contribution in [0.1, 0.15) is 0 Å². The van der Waals surface area contributed by atoms with Crippen LogP contribution in [0.15, 0.2) is 237 Å². The minimum absolute atomic E-state index is 1.09. The first-order valence-corrected chi connectivity index (χ1v) is 20.3. The van der Waals surface area contributed by atoms with E-state index in [-0.39, 0.29) is 0 Å². The van der Waals surface area contributed by atoms with Crippen LogP contribution < -0.4 is 4.90 Å². The predicted octanol–water partition coefficient (Wildman–Crippen LogP) is 16.4. The van der Waals surface area contributed by atoms with Crippen molar-refractivity contribution in [2.24, 2.45) is 0 Å². The second kappa shape index (κ2) is 14.6. The summed E-state index contributed by atoms with van der Waals surface area (Å²) >= 11 is 0. The Bertz CT molecular complexity index is 3290. The first-order chi connectivity index (χ1) is 29.2. The van der Waals surface area contributed by atoms with Gasteiger partial charge in [0.1, 0.15) is 0 Å². The van der Waals surface area contributed by atoms with Gasteiger partial charge < -0.3 is 4.90 Å². The van der Waals surface area contributed by atoms with E-state index in [4.69, 9.17) is 0 Å². The van der Waals surface area contributed by atoms with Crippen LogP contribution in [-0.4, -0.2) is 0 Å². The molecule has 1 nitrogen and oxygen atoms in total. The summed E-state index contributed by atoms with van der Waals surface area (Å²) in [5, 5.41) is 10.1. The maximum absolute atomic E-state index is 2.38. The highest BCUT2D eigenvalue weighted by Gasteiger charge is 2.18. The zero-order chi connectivity index (χ0) is 39.1. The highest BCUT2D eigenvalue weighted by Crippen LogP contribution is 2.43. The van der Waals surface area contributed by atoms with Gasteiger partial charge in [-0.05, 0) is 136 Å². The molecule has 276 valence electrons. The van der Waals surface area contributed by atoms with Crippen molar-refractivity contribution in [3.05, 3.63) is 237 Å². The maximum atomic E-state index is 2.38. The van der Waals surface area contributed by atoms with E-state index in [0.717, 1.165) is 17.1 Å². The van der Waals surface area contributed by atoms with Crippen molar-refractivity contribution >= 4 is 60.2 Å². The van der Waals surface area contributed by atoms with Gasteiger partial charge in [-0.3, -0.25) is 0 Å². The second-order valence-electron chi connectivity index (χ2n) is 15.3. The van der Waals surface area contributed by atoms with E-state index < -0.39 is 0 Å². The Labute approximate surface area is 344 Å². The molecule has 0 amide bonds. The summed E-state index contributed by atoms with van der Waals surface area (Å²) in [6.45, 7) is 0. The molecule has 0 N–H and O–H groups in total. The minimum atomic E-state index is 1.09. The second-order valence-corrected chi connectivity index (χ2v) is 15.3. The van der Waals surface area contributed by atoms with Crippen LogP contribution >= 0.6 is 0 Å². The number of hydrogen-bond donors (Lipinski definition) is 0. The molecular weight excluding hydrogens is 711 g/mol. The lowest BCUT2D eigenvalue weighted by Crippen LogP contribution is -2.10. The lowest BCUT2D eigenvalue weighted by Gasteiger charge is -2.27. The van der Waals surface area contributed by atoms with Gasteiger partial charge >= 0.3 is 0 Å². The van der Waals surface area contributed by atoms with Crippen LogP contribution in [-0.2, 0) is 0 Å². The van der Waals surface area contributed by atoms with Crippen LogP contribution in [0, 0.1) is 0 Å². The zero-order valence-corrected chi connectivity index (χ0v) is 32.5. The monoisotopic (exact) mass is 749 g/mol. The maximum Gasteiger partial charge on any atom is 0.0468 e.